The fourth-order valence-corrected chi connectivity index (χ4v) is 11.7. The van der Waals surface area contributed by atoms with Crippen molar-refractivity contribution >= 4 is 24.0 Å². The van der Waals surface area contributed by atoms with Crippen LogP contribution in [0, 0.1) is 0 Å². The largest absolute Gasteiger partial charge is 0.453 e. The number of rotatable bonds is 11. The first kappa shape index (κ1) is 42.4. The minimum absolute atomic E-state index is 0.199. The predicted octanol–water partition coefficient (Wildman–Crippen LogP) is 8.62. The Morgan fingerprint density at radius 1 is 0.612 bits per heavy atom. The lowest BCUT2D eigenvalue weighted by Gasteiger charge is -2.65. The number of likely N-dealkylation sites (tertiary alicyclic amines) is 2. The van der Waals surface area contributed by atoms with Crippen LogP contribution in [-0.4, -0.2) is 91.5 Å². The van der Waals surface area contributed by atoms with E-state index in [4.69, 9.17) is 19.4 Å². The molecule has 4 saturated heterocycles. The number of carbonyl (C=O) groups is 4. The van der Waals surface area contributed by atoms with Crippen molar-refractivity contribution in [2.24, 2.45) is 0 Å². The highest BCUT2D eigenvalue weighted by Gasteiger charge is 2.66. The monoisotopic (exact) mass is 899 g/mol. The van der Waals surface area contributed by atoms with E-state index in [1.807, 2.05) is 78.0 Å². The quantitative estimate of drug-likeness (QED) is 0.0992. The Morgan fingerprint density at radius 2 is 1.07 bits per heavy atom. The summed E-state index contributed by atoms with van der Waals surface area (Å²) in [6.45, 7) is 3.48. The highest BCUT2D eigenvalue weighted by Crippen LogP contribution is 2.71. The number of carbonyl (C=O) groups excluding carboxylic acids is 4. The minimum atomic E-state index is -0.888. The Labute approximate surface area is 388 Å². The molecule has 2 aromatic heterocycles. The summed E-state index contributed by atoms with van der Waals surface area (Å²) in [5.41, 5.74) is 10.6. The summed E-state index contributed by atoms with van der Waals surface area (Å²) >= 11 is 0. The number of aromatic amines is 2. The van der Waals surface area contributed by atoms with Gasteiger partial charge in [-0.15, -0.1) is 0 Å². The lowest BCUT2D eigenvalue weighted by molar-refractivity contribution is -0.177. The van der Waals surface area contributed by atoms with Crippen molar-refractivity contribution < 1.29 is 28.7 Å². The van der Waals surface area contributed by atoms with E-state index >= 15 is 0 Å². The van der Waals surface area contributed by atoms with Gasteiger partial charge in [-0.25, -0.2) is 19.6 Å². The van der Waals surface area contributed by atoms with Crippen LogP contribution in [0.25, 0.3) is 33.6 Å². The van der Waals surface area contributed by atoms with E-state index in [0.717, 1.165) is 72.4 Å². The average molecular weight is 900 g/mol. The summed E-state index contributed by atoms with van der Waals surface area (Å²) in [7, 11) is 2.58. The second kappa shape index (κ2) is 16.9. The normalized spacial score (nSPS) is 23.3. The Morgan fingerprint density at radius 3 is 1.58 bits per heavy atom. The number of methoxy groups -OCH3 is 2. The molecule has 67 heavy (non-hydrogen) atoms. The van der Waals surface area contributed by atoms with Crippen molar-refractivity contribution in [3.05, 3.63) is 143 Å². The molecule has 7 unspecified atom stereocenters. The Hall–Kier alpha value is -7.26. The molecule has 5 aliphatic heterocycles. The van der Waals surface area contributed by atoms with Gasteiger partial charge in [0.15, 0.2) is 0 Å². The molecule has 5 aliphatic rings. The molecule has 0 saturated carbocycles. The number of nitrogens with zero attached hydrogens (tertiary/aromatic N) is 5. The number of alkyl carbamates (subject to hydrolysis) is 2. The summed E-state index contributed by atoms with van der Waals surface area (Å²) < 4.78 is 9.77. The maximum Gasteiger partial charge on any atom is 0.407 e. The van der Waals surface area contributed by atoms with Gasteiger partial charge < -0.3 is 39.9 Å². The molecular formula is C52H53N9O6. The van der Waals surface area contributed by atoms with E-state index in [9.17, 15) is 19.2 Å². The van der Waals surface area contributed by atoms with Gasteiger partial charge in [0, 0.05) is 36.3 Å². The van der Waals surface area contributed by atoms with Crippen molar-refractivity contribution in [3.8, 4) is 33.6 Å². The van der Waals surface area contributed by atoms with Crippen molar-refractivity contribution in [2.75, 3.05) is 27.3 Å². The van der Waals surface area contributed by atoms with Gasteiger partial charge in [-0.05, 0) is 84.4 Å². The number of benzene rings is 4. The molecule has 15 nitrogen and oxygen atoms in total. The van der Waals surface area contributed by atoms with Gasteiger partial charge in [0.25, 0.3) is 11.8 Å². The Balaban J connectivity index is 0.845. The molecule has 0 aliphatic carbocycles. The second-order valence-corrected chi connectivity index (χ2v) is 18.6. The van der Waals surface area contributed by atoms with Gasteiger partial charge in [-0.3, -0.25) is 14.5 Å². The summed E-state index contributed by atoms with van der Waals surface area (Å²) in [6, 6.07) is 29.9. The topological polar surface area (TPSA) is 178 Å². The van der Waals surface area contributed by atoms with Gasteiger partial charge >= 0.3 is 12.2 Å². The smallest absolute Gasteiger partial charge is 0.407 e. The molecule has 4 aromatic carbocycles. The van der Waals surface area contributed by atoms with E-state index in [2.05, 4.69) is 68.8 Å². The molecule has 342 valence electrons. The van der Waals surface area contributed by atoms with Gasteiger partial charge in [0.1, 0.15) is 23.7 Å². The van der Waals surface area contributed by atoms with Crippen LogP contribution < -0.4 is 10.6 Å². The van der Waals surface area contributed by atoms with Gasteiger partial charge in [0.05, 0.1) is 50.1 Å². The third-order valence-electron chi connectivity index (χ3n) is 14.9. The number of piperidine rings is 1. The molecule has 6 aromatic rings. The fourth-order valence-electron chi connectivity index (χ4n) is 11.7. The number of H-pyrrole nitrogens is 2. The molecule has 0 spiro atoms. The van der Waals surface area contributed by atoms with Gasteiger partial charge in [-0.2, -0.15) is 0 Å². The first-order chi connectivity index (χ1) is 32.6. The molecular weight excluding hydrogens is 847 g/mol. The van der Waals surface area contributed by atoms with E-state index in [1.165, 1.54) is 30.9 Å². The first-order valence-corrected chi connectivity index (χ1v) is 23.2. The second-order valence-electron chi connectivity index (χ2n) is 18.6. The molecule has 4 fully saturated rings. The Bertz CT molecular complexity index is 2860. The van der Waals surface area contributed by atoms with Crippen LogP contribution in [0.3, 0.4) is 0 Å². The first-order valence-electron chi connectivity index (χ1n) is 23.2. The van der Waals surface area contributed by atoms with Crippen molar-refractivity contribution in [2.45, 2.75) is 87.2 Å². The number of fused-ring (bicyclic) bond motifs is 3. The third kappa shape index (κ3) is 7.23. The Kier molecular flexibility index (Phi) is 10.7. The van der Waals surface area contributed by atoms with E-state index in [-0.39, 0.29) is 29.4 Å². The predicted molar refractivity (Wildman–Crippen MR) is 249 cm³/mol. The lowest BCUT2D eigenvalue weighted by atomic mass is 9.68. The number of hydrogen-bond donors (Lipinski definition) is 4. The molecule has 4 N–H and O–H groups in total. The van der Waals surface area contributed by atoms with Crippen LogP contribution in [0.15, 0.2) is 109 Å². The number of nitrogens with one attached hydrogen (secondary N) is 4. The van der Waals surface area contributed by atoms with Crippen molar-refractivity contribution in [1.29, 1.82) is 0 Å². The van der Waals surface area contributed by atoms with E-state index in [1.54, 1.807) is 4.90 Å². The molecule has 11 rings (SSSR count). The molecule has 7 heterocycles. The van der Waals surface area contributed by atoms with Crippen LogP contribution in [0.5, 0.6) is 0 Å². The van der Waals surface area contributed by atoms with Crippen LogP contribution >= 0.6 is 0 Å². The van der Waals surface area contributed by atoms with E-state index < -0.39 is 24.3 Å². The number of ether oxygens (including phenoxy) is 2. The minimum Gasteiger partial charge on any atom is -0.453 e. The molecule has 15 heteroatoms. The fraction of sp³-hybridized carbons (Fsp3) is 0.346. The highest BCUT2D eigenvalue weighted by atomic mass is 16.5. The zero-order chi connectivity index (χ0) is 46.0. The lowest BCUT2D eigenvalue weighted by Crippen LogP contribution is -2.66. The molecule has 0 bridgehead atoms. The SMILES string of the molecule is COC(=O)NC(C(=O)N1CCCC1c1ncc(-c2ccc(-c3ccc(-c4cnc(C5CCCN5C(=O)C(NC(=O)OC)c5ccccc5)[nH]4)c4c3C3CC5(C)CC4N35)cc2)[nH]1)c1ccccc1. The summed E-state index contributed by atoms with van der Waals surface area (Å²) in [4.78, 5) is 76.2. The summed E-state index contributed by atoms with van der Waals surface area (Å²) in [5, 5.41) is 5.50. The number of hydrogen-bond acceptors (Lipinski definition) is 9. The molecule has 4 amide bonds. The number of amides is 4. The van der Waals surface area contributed by atoms with Crippen LogP contribution in [0.1, 0.15) is 116 Å². The van der Waals surface area contributed by atoms with Crippen molar-refractivity contribution in [1.82, 2.24) is 45.3 Å². The number of imidazole rings is 2. The number of aromatic nitrogens is 4. The van der Waals surface area contributed by atoms with Gasteiger partial charge in [0.2, 0.25) is 0 Å². The average Bonchev–Trinajstić information content (AvgIpc) is 4.22. The van der Waals surface area contributed by atoms with Crippen molar-refractivity contribution in [3.63, 3.8) is 0 Å². The standard InChI is InChI=1S/C52H53N9O6/c1-52-26-40-42-34(30-18-20-31(21-19-30)36-28-53-46(55-36)38-16-10-24-59(38)48(62)44(57-50(64)66-2)32-12-6-4-7-13-32)22-23-35(43(42)41(27-52)61(40)52)37-29-54-47(56-37)39-17-11-25-60(39)49(63)45(58-51(65)67-3)33-14-8-5-9-15-33/h4-9,12-15,18-23,28-29,38-41,44-45H,10-11,16-17,24-27H2,1-3H3,(H,53,55)(H,54,56)(H,57,64)(H,58,65). The zero-order valence-corrected chi connectivity index (χ0v) is 37.7. The maximum atomic E-state index is 14.2. The van der Waals surface area contributed by atoms with E-state index in [0.29, 0.717) is 42.1 Å². The summed E-state index contributed by atoms with van der Waals surface area (Å²) in [6.07, 6.45) is 7.78. The maximum absolute atomic E-state index is 14.2. The van der Waals surface area contributed by atoms with Crippen LogP contribution in [-0.2, 0) is 19.1 Å². The van der Waals surface area contributed by atoms with Crippen LogP contribution in [0.4, 0.5) is 9.59 Å². The summed E-state index contributed by atoms with van der Waals surface area (Å²) in [5.74, 6) is 1.04. The zero-order valence-electron chi connectivity index (χ0n) is 37.7. The molecule has 0 radical (unpaired) electrons. The van der Waals surface area contributed by atoms with Gasteiger partial charge in [-0.1, -0.05) is 97.1 Å². The third-order valence-corrected chi connectivity index (χ3v) is 14.9. The van der Waals surface area contributed by atoms with Crippen LogP contribution in [0.2, 0.25) is 0 Å². The highest BCUT2D eigenvalue weighted by molar-refractivity contribution is 5.88. The molecule has 7 atom stereocenters.